The Morgan fingerprint density at radius 1 is 1.00 bits per heavy atom. The van der Waals surface area contributed by atoms with E-state index in [1.165, 1.54) is 6.07 Å². The van der Waals surface area contributed by atoms with Gasteiger partial charge in [-0.25, -0.2) is 14.0 Å². The number of anilines is 1. The smallest absolute Gasteiger partial charge is 0.424 e. The van der Waals surface area contributed by atoms with Crippen LogP contribution in [0, 0.1) is 11.7 Å². The number of hydrogen-bond donors (Lipinski definition) is 0. The second kappa shape index (κ2) is 8.62. The molecule has 1 unspecified atom stereocenters. The topological polar surface area (TPSA) is 82.1 Å². The summed E-state index contributed by atoms with van der Waals surface area (Å²) in [7, 11) is 0. The van der Waals surface area contributed by atoms with Gasteiger partial charge in [0.25, 0.3) is 0 Å². The van der Waals surface area contributed by atoms with E-state index in [2.05, 4.69) is 0 Å². The Morgan fingerprint density at radius 2 is 1.53 bits per heavy atom. The molecule has 0 saturated carbocycles. The fourth-order valence-corrected chi connectivity index (χ4v) is 3.13. The van der Waals surface area contributed by atoms with Crippen molar-refractivity contribution in [2.75, 3.05) is 11.5 Å². The van der Waals surface area contributed by atoms with E-state index in [4.69, 9.17) is 14.2 Å². The van der Waals surface area contributed by atoms with Gasteiger partial charge in [0.15, 0.2) is 0 Å². The van der Waals surface area contributed by atoms with E-state index in [0.717, 1.165) is 6.07 Å². The van der Waals surface area contributed by atoms with Gasteiger partial charge in [0.05, 0.1) is 18.2 Å². The Kier molecular flexibility index (Phi) is 6.79. The fourth-order valence-electron chi connectivity index (χ4n) is 3.13. The molecule has 1 aliphatic rings. The Balaban J connectivity index is 2.42. The summed E-state index contributed by atoms with van der Waals surface area (Å²) in [6, 6.07) is 2.60. The number of ether oxygens (including phenoxy) is 3. The first-order valence-corrected chi connectivity index (χ1v) is 9.96. The molecule has 0 fully saturated rings. The number of amides is 2. The van der Waals surface area contributed by atoms with Crippen molar-refractivity contribution in [3.63, 3.8) is 0 Å². The fraction of sp³-hybridized carbons (Fsp3) is 0.591. The third-order valence-electron chi connectivity index (χ3n) is 4.22. The number of imide groups is 1. The number of esters is 1. The molecule has 2 amide bonds. The van der Waals surface area contributed by atoms with Gasteiger partial charge in [-0.2, -0.15) is 4.90 Å². The van der Waals surface area contributed by atoms with E-state index in [0.29, 0.717) is 16.0 Å². The standard InChI is InChI=1S/C22H30FNO6/c1-8-28-18(25)14-9-13-10-15(12-17(23)16(13)11-14)24(19(26)29-21(2,3)4)20(27)30-22(5,6)7/h10,12,14H,8-9,11H2,1-7H3. The van der Waals surface area contributed by atoms with Gasteiger partial charge < -0.3 is 14.2 Å². The lowest BCUT2D eigenvalue weighted by Crippen LogP contribution is -2.44. The van der Waals surface area contributed by atoms with Gasteiger partial charge >= 0.3 is 18.2 Å². The van der Waals surface area contributed by atoms with Crippen LogP contribution in [0.3, 0.4) is 0 Å². The highest BCUT2D eigenvalue weighted by atomic mass is 19.1. The zero-order chi connectivity index (χ0) is 22.9. The molecule has 0 N–H and O–H groups in total. The highest BCUT2D eigenvalue weighted by Crippen LogP contribution is 2.34. The molecule has 0 spiro atoms. The van der Waals surface area contributed by atoms with Crippen LogP contribution in [0.2, 0.25) is 0 Å². The molecule has 1 aromatic carbocycles. The quantitative estimate of drug-likeness (QED) is 0.514. The molecule has 0 bridgehead atoms. The lowest BCUT2D eigenvalue weighted by molar-refractivity contribution is -0.147. The average Bonchev–Trinajstić information content (AvgIpc) is 2.96. The zero-order valence-corrected chi connectivity index (χ0v) is 18.6. The van der Waals surface area contributed by atoms with E-state index in [1.807, 2.05) is 0 Å². The number of rotatable bonds is 3. The van der Waals surface area contributed by atoms with Gasteiger partial charge in [-0.1, -0.05) is 0 Å². The van der Waals surface area contributed by atoms with Crippen LogP contribution in [0.1, 0.15) is 59.6 Å². The van der Waals surface area contributed by atoms with E-state index >= 15 is 0 Å². The predicted molar refractivity (Wildman–Crippen MR) is 109 cm³/mol. The van der Waals surface area contributed by atoms with Gasteiger partial charge in [0, 0.05) is 0 Å². The minimum atomic E-state index is -0.976. The molecular formula is C22H30FNO6. The average molecular weight is 423 g/mol. The van der Waals surface area contributed by atoms with Gasteiger partial charge in [-0.05, 0) is 84.6 Å². The predicted octanol–water partition coefficient (Wildman–Crippen LogP) is 4.78. The van der Waals surface area contributed by atoms with Crippen LogP contribution in [0.15, 0.2) is 12.1 Å². The van der Waals surface area contributed by atoms with Crippen molar-refractivity contribution < 1.29 is 33.0 Å². The first kappa shape index (κ1) is 23.6. The van der Waals surface area contributed by atoms with Crippen molar-refractivity contribution in [1.29, 1.82) is 0 Å². The van der Waals surface area contributed by atoms with Crippen LogP contribution in [0.4, 0.5) is 19.7 Å². The van der Waals surface area contributed by atoms with Crippen molar-refractivity contribution in [2.45, 2.75) is 72.5 Å². The molecule has 0 aliphatic heterocycles. The van der Waals surface area contributed by atoms with Crippen LogP contribution in [-0.4, -0.2) is 36.0 Å². The van der Waals surface area contributed by atoms with E-state index < -0.39 is 41.1 Å². The molecule has 1 atom stereocenters. The Hall–Kier alpha value is -2.64. The summed E-state index contributed by atoms with van der Waals surface area (Å²) < 4.78 is 30.6. The minimum Gasteiger partial charge on any atom is -0.466 e. The molecular weight excluding hydrogens is 393 g/mol. The van der Waals surface area contributed by atoms with Crippen LogP contribution in [0.25, 0.3) is 0 Å². The van der Waals surface area contributed by atoms with E-state index in [-0.39, 0.29) is 25.1 Å². The highest BCUT2D eigenvalue weighted by molar-refractivity contribution is 6.09. The SMILES string of the molecule is CCOC(=O)C1Cc2cc(N(C(=O)OC(C)(C)C)C(=O)OC(C)(C)C)cc(F)c2C1. The maximum atomic E-state index is 14.9. The number of hydrogen-bond acceptors (Lipinski definition) is 6. The molecule has 0 aromatic heterocycles. The lowest BCUT2D eigenvalue weighted by atomic mass is 10.1. The second-order valence-corrected chi connectivity index (χ2v) is 9.22. The van der Waals surface area contributed by atoms with Gasteiger partial charge in [0.1, 0.15) is 17.0 Å². The number of carbonyl (C=O) groups is 3. The third-order valence-corrected chi connectivity index (χ3v) is 4.22. The molecule has 0 saturated heterocycles. The summed E-state index contributed by atoms with van der Waals surface area (Å²) in [5.41, 5.74) is -0.840. The maximum absolute atomic E-state index is 14.9. The molecule has 0 radical (unpaired) electrons. The first-order valence-electron chi connectivity index (χ1n) is 9.96. The molecule has 7 nitrogen and oxygen atoms in total. The zero-order valence-electron chi connectivity index (χ0n) is 18.6. The van der Waals surface area contributed by atoms with Crippen molar-refractivity contribution >= 4 is 23.8 Å². The summed E-state index contributed by atoms with van der Waals surface area (Å²) >= 11 is 0. The van der Waals surface area contributed by atoms with Crippen LogP contribution < -0.4 is 4.90 Å². The summed E-state index contributed by atoms with van der Waals surface area (Å²) in [6.45, 7) is 11.9. The number of fused-ring (bicyclic) bond motifs is 1. The number of carbonyl (C=O) groups excluding carboxylic acids is 3. The molecule has 8 heteroatoms. The van der Waals surface area contributed by atoms with Crippen LogP contribution >= 0.6 is 0 Å². The normalized spacial score (nSPS) is 15.9. The first-order chi connectivity index (χ1) is 13.7. The Morgan fingerprint density at radius 3 is 2.00 bits per heavy atom. The lowest BCUT2D eigenvalue weighted by Gasteiger charge is -2.29. The number of nitrogens with zero attached hydrogens (tertiary/aromatic N) is 1. The van der Waals surface area contributed by atoms with Crippen molar-refractivity contribution in [3.8, 4) is 0 Å². The summed E-state index contributed by atoms with van der Waals surface area (Å²) in [5, 5.41) is 0. The van der Waals surface area contributed by atoms with Crippen molar-refractivity contribution in [2.24, 2.45) is 5.92 Å². The monoisotopic (exact) mass is 423 g/mol. The second-order valence-electron chi connectivity index (χ2n) is 9.22. The Bertz CT molecular complexity index is 809. The molecule has 1 aromatic rings. The van der Waals surface area contributed by atoms with E-state index in [1.54, 1.807) is 48.5 Å². The third kappa shape index (κ3) is 5.93. The van der Waals surface area contributed by atoms with Gasteiger partial charge in [-0.3, -0.25) is 4.79 Å². The minimum absolute atomic E-state index is 0.0146. The summed E-state index contributed by atoms with van der Waals surface area (Å²) in [6.07, 6.45) is -1.48. The number of benzene rings is 1. The van der Waals surface area contributed by atoms with Crippen molar-refractivity contribution in [3.05, 3.63) is 29.1 Å². The molecule has 1 aliphatic carbocycles. The summed E-state index contributed by atoms with van der Waals surface area (Å²) in [5.74, 6) is -1.50. The molecule has 0 heterocycles. The van der Waals surface area contributed by atoms with Crippen LogP contribution in [0.5, 0.6) is 0 Å². The molecule has 166 valence electrons. The largest absolute Gasteiger partial charge is 0.466 e. The molecule has 30 heavy (non-hydrogen) atoms. The number of halogens is 1. The maximum Gasteiger partial charge on any atom is 0.424 e. The van der Waals surface area contributed by atoms with Gasteiger partial charge in [-0.15, -0.1) is 0 Å². The highest BCUT2D eigenvalue weighted by Gasteiger charge is 2.36. The van der Waals surface area contributed by atoms with Crippen molar-refractivity contribution in [1.82, 2.24) is 0 Å². The molecule has 2 rings (SSSR count). The van der Waals surface area contributed by atoms with Crippen LogP contribution in [-0.2, 0) is 31.8 Å². The van der Waals surface area contributed by atoms with Gasteiger partial charge in [0.2, 0.25) is 0 Å². The van der Waals surface area contributed by atoms with E-state index in [9.17, 15) is 18.8 Å². The Labute approximate surface area is 176 Å². The summed E-state index contributed by atoms with van der Waals surface area (Å²) in [4.78, 5) is 38.3.